The Morgan fingerprint density at radius 3 is 2.80 bits per heavy atom. The van der Waals surface area contributed by atoms with Gasteiger partial charge in [0.05, 0.1) is 0 Å². The second-order valence-electron chi connectivity index (χ2n) is 5.80. The fourth-order valence-corrected chi connectivity index (χ4v) is 3.32. The van der Waals surface area contributed by atoms with E-state index >= 15 is 0 Å². The van der Waals surface area contributed by atoms with E-state index in [0.29, 0.717) is 6.04 Å². The smallest absolute Gasteiger partial charge is 0.0468 e. The molecule has 0 aliphatic carbocycles. The maximum atomic E-state index is 5.48. The lowest BCUT2D eigenvalue weighted by Gasteiger charge is -2.28. The number of benzene rings is 1. The molecule has 0 saturated carbocycles. The van der Waals surface area contributed by atoms with Gasteiger partial charge in [-0.3, -0.25) is 0 Å². The van der Waals surface area contributed by atoms with Crippen LogP contribution in [0.3, 0.4) is 0 Å². The van der Waals surface area contributed by atoms with Gasteiger partial charge in [0, 0.05) is 23.7 Å². The van der Waals surface area contributed by atoms with Crippen LogP contribution in [0.5, 0.6) is 0 Å². The minimum atomic E-state index is 0.468. The Hall–Kier alpha value is -0.380. The topological polar surface area (TPSA) is 21.3 Å². The van der Waals surface area contributed by atoms with Crippen molar-refractivity contribution in [2.45, 2.75) is 45.6 Å². The third kappa shape index (κ3) is 4.57. The Labute approximate surface area is 131 Å². The first-order chi connectivity index (χ1) is 9.70. The lowest BCUT2D eigenvalue weighted by atomic mass is 9.88. The molecule has 1 aliphatic heterocycles. The average molecular weight is 340 g/mol. The molecule has 1 unspecified atom stereocenters. The molecular formula is C17H26BrNO. The molecule has 2 nitrogen and oxygen atoms in total. The summed E-state index contributed by atoms with van der Waals surface area (Å²) in [7, 11) is 0. The highest BCUT2D eigenvalue weighted by Crippen LogP contribution is 2.30. The Morgan fingerprint density at radius 1 is 1.35 bits per heavy atom. The lowest BCUT2D eigenvalue weighted by Crippen LogP contribution is -2.27. The van der Waals surface area contributed by atoms with Crippen LogP contribution in [-0.4, -0.2) is 19.8 Å². The molecule has 1 N–H and O–H groups in total. The van der Waals surface area contributed by atoms with Crippen LogP contribution in [0, 0.1) is 12.8 Å². The van der Waals surface area contributed by atoms with Crippen LogP contribution in [0.2, 0.25) is 0 Å². The Bertz CT molecular complexity index is 415. The molecule has 1 aromatic carbocycles. The lowest BCUT2D eigenvalue weighted by molar-refractivity contribution is 0.0605. The van der Waals surface area contributed by atoms with Crippen molar-refractivity contribution in [1.82, 2.24) is 5.32 Å². The van der Waals surface area contributed by atoms with Crippen molar-refractivity contribution in [3.05, 3.63) is 33.8 Å². The number of nitrogens with one attached hydrogen (secondary N) is 1. The molecule has 0 amide bonds. The molecule has 1 heterocycles. The van der Waals surface area contributed by atoms with Crippen molar-refractivity contribution in [2.75, 3.05) is 19.8 Å². The van der Waals surface area contributed by atoms with Crippen molar-refractivity contribution in [3.63, 3.8) is 0 Å². The van der Waals surface area contributed by atoms with E-state index in [-0.39, 0.29) is 0 Å². The predicted octanol–water partition coefficient (Wildman–Crippen LogP) is 4.61. The molecular weight excluding hydrogens is 314 g/mol. The molecule has 2 rings (SSSR count). The summed E-state index contributed by atoms with van der Waals surface area (Å²) in [6, 6.07) is 7.09. The van der Waals surface area contributed by atoms with Gasteiger partial charge in [0.15, 0.2) is 0 Å². The summed E-state index contributed by atoms with van der Waals surface area (Å²) in [6.07, 6.45) is 4.81. The van der Waals surface area contributed by atoms with Gasteiger partial charge in [-0.05, 0) is 68.3 Å². The van der Waals surface area contributed by atoms with Crippen LogP contribution in [0.1, 0.15) is 49.8 Å². The zero-order valence-corrected chi connectivity index (χ0v) is 14.2. The highest BCUT2D eigenvalue weighted by Gasteiger charge is 2.21. The van der Waals surface area contributed by atoms with Crippen molar-refractivity contribution < 1.29 is 4.74 Å². The van der Waals surface area contributed by atoms with Gasteiger partial charge in [0.25, 0.3) is 0 Å². The van der Waals surface area contributed by atoms with Crippen LogP contribution in [-0.2, 0) is 4.74 Å². The summed E-state index contributed by atoms with van der Waals surface area (Å²) in [5.74, 6) is 0.788. The number of rotatable bonds is 6. The van der Waals surface area contributed by atoms with Gasteiger partial charge in [-0.1, -0.05) is 28.9 Å². The van der Waals surface area contributed by atoms with E-state index in [0.717, 1.165) is 25.7 Å². The van der Waals surface area contributed by atoms with Crippen LogP contribution in [0.15, 0.2) is 22.7 Å². The van der Waals surface area contributed by atoms with Gasteiger partial charge in [-0.15, -0.1) is 0 Å². The first-order valence-corrected chi connectivity index (χ1v) is 8.57. The van der Waals surface area contributed by atoms with E-state index in [1.807, 2.05) is 0 Å². The fraction of sp³-hybridized carbons (Fsp3) is 0.647. The van der Waals surface area contributed by atoms with Crippen molar-refractivity contribution in [3.8, 4) is 0 Å². The summed E-state index contributed by atoms with van der Waals surface area (Å²) in [4.78, 5) is 0. The molecule has 3 heteroatoms. The molecule has 0 aromatic heterocycles. The van der Waals surface area contributed by atoms with Crippen molar-refractivity contribution in [1.29, 1.82) is 0 Å². The van der Waals surface area contributed by atoms with Gasteiger partial charge < -0.3 is 10.1 Å². The molecule has 1 aliphatic rings. The first-order valence-electron chi connectivity index (χ1n) is 7.78. The van der Waals surface area contributed by atoms with Crippen LogP contribution in [0.4, 0.5) is 0 Å². The van der Waals surface area contributed by atoms with Crippen molar-refractivity contribution in [2.24, 2.45) is 5.92 Å². The minimum Gasteiger partial charge on any atom is -0.381 e. The number of ether oxygens (including phenoxy) is 1. The quantitative estimate of drug-likeness (QED) is 0.816. The van der Waals surface area contributed by atoms with Gasteiger partial charge in [0.2, 0.25) is 0 Å². The molecule has 0 bridgehead atoms. The first kappa shape index (κ1) is 16.0. The average Bonchev–Trinajstić information content (AvgIpc) is 2.47. The highest BCUT2D eigenvalue weighted by atomic mass is 79.9. The number of hydrogen-bond donors (Lipinski definition) is 1. The van der Waals surface area contributed by atoms with E-state index in [2.05, 4.69) is 53.3 Å². The summed E-state index contributed by atoms with van der Waals surface area (Å²) in [5.41, 5.74) is 2.83. The molecule has 1 saturated heterocycles. The normalized spacial score (nSPS) is 18.1. The van der Waals surface area contributed by atoms with Gasteiger partial charge >= 0.3 is 0 Å². The predicted molar refractivity (Wildman–Crippen MR) is 88.1 cm³/mol. The monoisotopic (exact) mass is 339 g/mol. The summed E-state index contributed by atoms with van der Waals surface area (Å²) in [6.45, 7) is 7.39. The third-order valence-electron chi connectivity index (χ3n) is 4.17. The Morgan fingerprint density at radius 2 is 2.10 bits per heavy atom. The van der Waals surface area contributed by atoms with E-state index in [1.54, 1.807) is 0 Å². The maximum Gasteiger partial charge on any atom is 0.0468 e. The van der Waals surface area contributed by atoms with Crippen LogP contribution in [0.25, 0.3) is 0 Å². The SMILES string of the molecule is CCCNC(CC1CCOCC1)c1cc(Br)ccc1C. The second-order valence-corrected chi connectivity index (χ2v) is 6.71. The largest absolute Gasteiger partial charge is 0.381 e. The molecule has 1 aromatic rings. The number of hydrogen-bond acceptors (Lipinski definition) is 2. The van der Waals surface area contributed by atoms with Crippen LogP contribution >= 0.6 is 15.9 Å². The number of halogens is 1. The molecule has 0 spiro atoms. The fourth-order valence-electron chi connectivity index (χ4n) is 2.94. The summed E-state index contributed by atoms with van der Waals surface area (Å²) >= 11 is 3.61. The third-order valence-corrected chi connectivity index (χ3v) is 4.66. The van der Waals surface area contributed by atoms with Gasteiger partial charge in [0.1, 0.15) is 0 Å². The van der Waals surface area contributed by atoms with E-state index < -0.39 is 0 Å². The highest BCUT2D eigenvalue weighted by molar-refractivity contribution is 9.10. The molecule has 0 radical (unpaired) electrons. The van der Waals surface area contributed by atoms with E-state index in [9.17, 15) is 0 Å². The molecule has 1 atom stereocenters. The number of aryl methyl sites for hydroxylation is 1. The minimum absolute atomic E-state index is 0.468. The standard InChI is InChI=1S/C17H26BrNO/c1-3-8-19-17(11-14-6-9-20-10-7-14)16-12-15(18)5-4-13(16)2/h4-5,12,14,17,19H,3,6-11H2,1-2H3. The summed E-state index contributed by atoms with van der Waals surface area (Å²) in [5, 5.41) is 3.74. The molecule has 1 fully saturated rings. The molecule has 20 heavy (non-hydrogen) atoms. The zero-order chi connectivity index (χ0) is 14.4. The van der Waals surface area contributed by atoms with E-state index in [4.69, 9.17) is 4.74 Å². The maximum absolute atomic E-state index is 5.48. The Balaban J connectivity index is 2.10. The van der Waals surface area contributed by atoms with Gasteiger partial charge in [-0.2, -0.15) is 0 Å². The van der Waals surface area contributed by atoms with Crippen molar-refractivity contribution >= 4 is 15.9 Å². The van der Waals surface area contributed by atoms with E-state index in [1.165, 1.54) is 41.3 Å². The molecule has 112 valence electrons. The summed E-state index contributed by atoms with van der Waals surface area (Å²) < 4.78 is 6.66. The van der Waals surface area contributed by atoms with Crippen LogP contribution < -0.4 is 5.32 Å². The second kappa shape index (κ2) is 8.16. The Kier molecular flexibility index (Phi) is 6.53. The van der Waals surface area contributed by atoms with Gasteiger partial charge in [-0.25, -0.2) is 0 Å². The zero-order valence-electron chi connectivity index (χ0n) is 12.6.